The van der Waals surface area contributed by atoms with Crippen molar-refractivity contribution in [2.24, 2.45) is 5.41 Å². The Labute approximate surface area is 173 Å². The lowest BCUT2D eigenvalue weighted by Crippen LogP contribution is -2.33. The molecule has 5 rings (SSSR count). The molecule has 1 aromatic carbocycles. The quantitative estimate of drug-likeness (QED) is 0.678. The van der Waals surface area contributed by atoms with Crippen molar-refractivity contribution in [2.75, 3.05) is 6.61 Å². The molecule has 154 valence electrons. The summed E-state index contributed by atoms with van der Waals surface area (Å²) in [6.45, 7) is 7.04. The molecule has 0 spiro atoms. The number of pyridine rings is 1. The van der Waals surface area contributed by atoms with E-state index in [1.165, 1.54) is 23.4 Å². The Kier molecular flexibility index (Phi) is 3.93. The Balaban J connectivity index is 1.84. The highest BCUT2D eigenvalue weighted by atomic mass is 16.5. The summed E-state index contributed by atoms with van der Waals surface area (Å²) in [6.07, 6.45) is 4.78. The molecule has 0 unspecified atom stereocenters. The molecule has 2 N–H and O–H groups in total. The number of carboxylic acids is 1. The Hall–Kier alpha value is -3.35. The van der Waals surface area contributed by atoms with Gasteiger partial charge < -0.3 is 14.4 Å². The monoisotopic (exact) mass is 405 g/mol. The van der Waals surface area contributed by atoms with E-state index in [4.69, 9.17) is 4.74 Å². The van der Waals surface area contributed by atoms with Gasteiger partial charge in [0.1, 0.15) is 11.3 Å². The number of aromatic amines is 1. The van der Waals surface area contributed by atoms with E-state index < -0.39 is 11.4 Å². The number of rotatable bonds is 2. The molecule has 1 atom stereocenters. The summed E-state index contributed by atoms with van der Waals surface area (Å²) < 4.78 is 7.99. The first kappa shape index (κ1) is 18.7. The maximum Gasteiger partial charge on any atom is 0.341 e. The fourth-order valence-electron chi connectivity index (χ4n) is 4.71. The zero-order chi connectivity index (χ0) is 21.2. The number of nitrogens with one attached hydrogen (secondary N) is 1. The second-order valence-electron chi connectivity index (χ2n) is 9.06. The highest BCUT2D eigenvalue weighted by Crippen LogP contribution is 2.49. The number of hydrogen-bond acceptors (Lipinski definition) is 4. The smallest absolute Gasteiger partial charge is 0.341 e. The molecule has 30 heavy (non-hydrogen) atoms. The van der Waals surface area contributed by atoms with Crippen LogP contribution in [0, 0.1) is 5.41 Å². The molecule has 0 bridgehead atoms. The lowest BCUT2D eigenvalue weighted by molar-refractivity contribution is 0.0693. The molecule has 3 aromatic rings. The average molecular weight is 405 g/mol. The molecule has 0 aliphatic carbocycles. The number of nitrogens with zero attached hydrogens (tertiary/aromatic N) is 2. The molecule has 4 heterocycles. The third-order valence-electron chi connectivity index (χ3n) is 6.21. The number of fused-ring (bicyclic) bond motifs is 5. The van der Waals surface area contributed by atoms with Crippen LogP contribution >= 0.6 is 0 Å². The summed E-state index contributed by atoms with van der Waals surface area (Å²) in [5, 5.41) is 16.6. The van der Waals surface area contributed by atoms with Crippen LogP contribution in [0.3, 0.4) is 0 Å². The van der Waals surface area contributed by atoms with E-state index in [0.29, 0.717) is 6.61 Å². The van der Waals surface area contributed by atoms with E-state index in [9.17, 15) is 14.7 Å². The summed E-state index contributed by atoms with van der Waals surface area (Å²) >= 11 is 0. The molecule has 0 saturated heterocycles. The zero-order valence-electron chi connectivity index (χ0n) is 17.2. The molecule has 0 fully saturated rings. The molecule has 2 aliphatic heterocycles. The van der Waals surface area contributed by atoms with Crippen molar-refractivity contribution in [3.05, 3.63) is 57.5 Å². The van der Waals surface area contributed by atoms with Gasteiger partial charge in [-0.1, -0.05) is 20.8 Å². The Morgan fingerprint density at radius 2 is 2.07 bits per heavy atom. The lowest BCUT2D eigenvalue weighted by Gasteiger charge is -2.39. The predicted molar refractivity (Wildman–Crippen MR) is 112 cm³/mol. The maximum absolute atomic E-state index is 12.6. The number of carbonyl (C=O) groups is 1. The molecule has 0 radical (unpaired) electrons. The van der Waals surface area contributed by atoms with Gasteiger partial charge in [0.05, 0.1) is 18.0 Å². The van der Waals surface area contributed by atoms with Crippen LogP contribution in [0.2, 0.25) is 0 Å². The fraction of sp³-hybridized carbons (Fsp3) is 0.348. The van der Waals surface area contributed by atoms with Crippen molar-refractivity contribution in [3.8, 4) is 28.3 Å². The summed E-state index contributed by atoms with van der Waals surface area (Å²) in [6, 6.07) is 5.42. The average Bonchev–Trinajstić information content (AvgIpc) is 3.37. The third kappa shape index (κ3) is 2.69. The number of aromatic carboxylic acids is 1. The molecule has 0 amide bonds. The van der Waals surface area contributed by atoms with Crippen LogP contribution in [-0.2, 0) is 12.8 Å². The van der Waals surface area contributed by atoms with E-state index in [0.717, 1.165) is 41.1 Å². The van der Waals surface area contributed by atoms with Gasteiger partial charge in [0.25, 0.3) is 0 Å². The van der Waals surface area contributed by atoms with Gasteiger partial charge >= 0.3 is 5.97 Å². The molecule has 7 heteroatoms. The van der Waals surface area contributed by atoms with E-state index in [1.54, 1.807) is 6.20 Å². The lowest BCUT2D eigenvalue weighted by atomic mass is 9.76. The van der Waals surface area contributed by atoms with Gasteiger partial charge in [-0.3, -0.25) is 9.89 Å². The van der Waals surface area contributed by atoms with E-state index in [1.807, 2.05) is 16.7 Å². The molecule has 2 aliphatic rings. The highest BCUT2D eigenvalue weighted by molar-refractivity contribution is 5.88. The van der Waals surface area contributed by atoms with Gasteiger partial charge in [-0.15, -0.1) is 0 Å². The Morgan fingerprint density at radius 1 is 1.27 bits per heavy atom. The van der Waals surface area contributed by atoms with Crippen LogP contribution < -0.4 is 10.2 Å². The Bertz CT molecular complexity index is 1230. The third-order valence-corrected chi connectivity index (χ3v) is 6.21. The summed E-state index contributed by atoms with van der Waals surface area (Å²) in [4.78, 5) is 24.2. The number of carboxylic acid groups (broad SMARTS) is 1. The molecule has 7 nitrogen and oxygen atoms in total. The minimum Gasteiger partial charge on any atom is -0.492 e. The minimum atomic E-state index is -1.20. The van der Waals surface area contributed by atoms with Gasteiger partial charge in [0.2, 0.25) is 0 Å². The second-order valence-corrected chi connectivity index (χ2v) is 9.06. The molecule has 0 saturated carbocycles. The van der Waals surface area contributed by atoms with Gasteiger partial charge in [-0.2, -0.15) is 5.10 Å². The first-order valence-electron chi connectivity index (χ1n) is 10.1. The van der Waals surface area contributed by atoms with Gasteiger partial charge in [0.15, 0.2) is 5.43 Å². The zero-order valence-corrected chi connectivity index (χ0v) is 17.2. The standard InChI is InChI=1S/C23H23N3O4/c1-23(2,3)20-9-13-12-5-7-30-21(12)15(17-4-6-24-25-17)8-14(13)18-10-19(27)16(22(28)29)11-26(18)20/h4,6,8,10-11,20H,5,7,9H2,1-3H3,(H,24,25)(H,28,29)/t20-/m0/s1. The number of ether oxygens (including phenoxy) is 1. The molecule has 2 aromatic heterocycles. The van der Waals surface area contributed by atoms with Crippen LogP contribution in [0.5, 0.6) is 5.75 Å². The first-order valence-corrected chi connectivity index (χ1v) is 10.1. The fourth-order valence-corrected chi connectivity index (χ4v) is 4.71. The van der Waals surface area contributed by atoms with Gasteiger partial charge in [-0.25, -0.2) is 4.79 Å². The van der Waals surface area contributed by atoms with Gasteiger partial charge in [0, 0.05) is 47.6 Å². The predicted octanol–water partition coefficient (Wildman–Crippen LogP) is 3.68. The van der Waals surface area contributed by atoms with Crippen LogP contribution in [0.25, 0.3) is 22.5 Å². The first-order chi connectivity index (χ1) is 14.3. The molecular formula is C23H23N3O4. The van der Waals surface area contributed by atoms with Crippen molar-refractivity contribution < 1.29 is 14.6 Å². The van der Waals surface area contributed by atoms with Crippen molar-refractivity contribution >= 4 is 5.97 Å². The summed E-state index contributed by atoms with van der Waals surface area (Å²) in [5.74, 6) is -0.321. The SMILES string of the molecule is CC(C)(C)[C@@H]1Cc2c(cc(-c3ccn[nH]3)c3c2CCO3)-c2cc(=O)c(C(=O)O)cn21. The van der Waals surface area contributed by atoms with Crippen LogP contribution in [0.4, 0.5) is 0 Å². The van der Waals surface area contributed by atoms with E-state index in [2.05, 4.69) is 31.0 Å². The van der Waals surface area contributed by atoms with Crippen molar-refractivity contribution in [2.45, 2.75) is 39.7 Å². The van der Waals surface area contributed by atoms with Crippen molar-refractivity contribution in [1.29, 1.82) is 0 Å². The minimum absolute atomic E-state index is 0.0152. The second kappa shape index (κ2) is 6.32. The van der Waals surface area contributed by atoms with Crippen molar-refractivity contribution in [3.63, 3.8) is 0 Å². The Morgan fingerprint density at radius 3 is 2.73 bits per heavy atom. The number of H-pyrrole nitrogens is 1. The normalized spacial score (nSPS) is 17.1. The van der Waals surface area contributed by atoms with Crippen LogP contribution in [0.1, 0.15) is 48.3 Å². The van der Waals surface area contributed by atoms with E-state index >= 15 is 0 Å². The van der Waals surface area contributed by atoms with Crippen LogP contribution in [-0.4, -0.2) is 32.4 Å². The number of benzene rings is 1. The maximum atomic E-state index is 12.6. The van der Waals surface area contributed by atoms with E-state index in [-0.39, 0.29) is 17.0 Å². The number of hydrogen-bond donors (Lipinski definition) is 2. The molecular weight excluding hydrogens is 382 g/mol. The number of aromatic nitrogens is 3. The van der Waals surface area contributed by atoms with Gasteiger partial charge in [-0.05, 0) is 29.5 Å². The summed E-state index contributed by atoms with van der Waals surface area (Å²) in [7, 11) is 0. The topological polar surface area (TPSA) is 97.2 Å². The highest BCUT2D eigenvalue weighted by Gasteiger charge is 2.37. The largest absolute Gasteiger partial charge is 0.492 e. The van der Waals surface area contributed by atoms with Crippen molar-refractivity contribution in [1.82, 2.24) is 14.8 Å². The summed E-state index contributed by atoms with van der Waals surface area (Å²) in [5.41, 5.74) is 5.02. The van der Waals surface area contributed by atoms with Crippen LogP contribution in [0.15, 0.2) is 35.4 Å².